The molecule has 1 aromatic heterocycles. The highest BCUT2D eigenvalue weighted by Crippen LogP contribution is 2.20. The van der Waals surface area contributed by atoms with E-state index in [1.807, 2.05) is 0 Å². The molecule has 0 aliphatic rings. The fourth-order valence-electron chi connectivity index (χ4n) is 1.23. The molecule has 0 radical (unpaired) electrons. The lowest BCUT2D eigenvalue weighted by Gasteiger charge is -2.03. The molecule has 2 aromatic rings. The zero-order valence-electron chi connectivity index (χ0n) is 8.82. The number of thioether (sulfide) groups is 1. The minimum Gasteiger partial charge on any atom is -0.368 e. The van der Waals surface area contributed by atoms with Crippen molar-refractivity contribution in [2.24, 2.45) is 0 Å². The largest absolute Gasteiger partial charge is 0.368 e. The first-order chi connectivity index (χ1) is 8.10. The van der Waals surface area contributed by atoms with E-state index in [1.54, 1.807) is 6.26 Å². The molecule has 0 fully saturated rings. The van der Waals surface area contributed by atoms with E-state index < -0.39 is 11.6 Å². The second kappa shape index (κ2) is 4.62. The summed E-state index contributed by atoms with van der Waals surface area (Å²) in [5.41, 5.74) is 5.85. The molecule has 0 bridgehead atoms. The van der Waals surface area contributed by atoms with Crippen molar-refractivity contribution in [2.75, 3.05) is 12.0 Å². The van der Waals surface area contributed by atoms with E-state index in [4.69, 9.17) is 5.73 Å². The Bertz CT molecular complexity index is 562. The predicted molar refractivity (Wildman–Crippen MR) is 61.4 cm³/mol. The first-order valence-corrected chi connectivity index (χ1v) is 5.83. The summed E-state index contributed by atoms with van der Waals surface area (Å²) in [7, 11) is 0. The Morgan fingerprint density at radius 2 is 1.88 bits per heavy atom. The third-order valence-corrected chi connectivity index (χ3v) is 2.54. The van der Waals surface area contributed by atoms with Gasteiger partial charge in [0.15, 0.2) is 22.6 Å². The van der Waals surface area contributed by atoms with Crippen LogP contribution < -0.4 is 5.73 Å². The summed E-state index contributed by atoms with van der Waals surface area (Å²) < 4.78 is 25.8. The third kappa shape index (κ3) is 2.50. The van der Waals surface area contributed by atoms with Gasteiger partial charge in [-0.15, -0.1) is 0 Å². The van der Waals surface area contributed by atoms with Crippen molar-refractivity contribution in [3.63, 3.8) is 0 Å². The lowest BCUT2D eigenvalue weighted by molar-refractivity contribution is 0.509. The van der Waals surface area contributed by atoms with Crippen LogP contribution in [0.15, 0.2) is 23.4 Å². The maximum atomic E-state index is 13.1. The van der Waals surface area contributed by atoms with E-state index in [0.29, 0.717) is 10.7 Å². The predicted octanol–water partition coefficient (Wildman–Crippen LogP) is 2.12. The summed E-state index contributed by atoms with van der Waals surface area (Å²) in [6, 6.07) is 3.43. The van der Waals surface area contributed by atoms with Gasteiger partial charge in [0.25, 0.3) is 0 Å². The zero-order chi connectivity index (χ0) is 12.4. The number of hydrogen-bond acceptors (Lipinski definition) is 5. The molecule has 2 N–H and O–H groups in total. The average molecular weight is 254 g/mol. The Labute approximate surface area is 100 Å². The molecular formula is C10H8F2N4S. The Kier molecular flexibility index (Phi) is 3.19. The van der Waals surface area contributed by atoms with Gasteiger partial charge >= 0.3 is 0 Å². The van der Waals surface area contributed by atoms with Gasteiger partial charge in [-0.3, -0.25) is 0 Å². The number of anilines is 1. The Balaban J connectivity index is 2.52. The van der Waals surface area contributed by atoms with Crippen molar-refractivity contribution in [1.82, 2.24) is 15.0 Å². The maximum Gasteiger partial charge on any atom is 0.224 e. The molecule has 0 spiro atoms. The normalized spacial score (nSPS) is 10.5. The molecule has 0 aliphatic carbocycles. The van der Waals surface area contributed by atoms with E-state index in [2.05, 4.69) is 15.0 Å². The van der Waals surface area contributed by atoms with Crippen LogP contribution in [0.4, 0.5) is 14.7 Å². The topological polar surface area (TPSA) is 64.7 Å². The minimum absolute atomic E-state index is 0.0454. The first-order valence-electron chi connectivity index (χ1n) is 4.61. The van der Waals surface area contributed by atoms with Crippen molar-refractivity contribution >= 4 is 17.7 Å². The van der Waals surface area contributed by atoms with Gasteiger partial charge in [-0.2, -0.15) is 9.97 Å². The van der Waals surface area contributed by atoms with Gasteiger partial charge in [0, 0.05) is 5.56 Å². The standard InChI is InChI=1S/C10H8F2N4S/c1-17-10-15-8(14-9(13)16-10)5-2-3-6(11)7(12)4-5/h2-4H,1H3,(H2,13,14,15,16). The smallest absolute Gasteiger partial charge is 0.224 e. The molecule has 0 amide bonds. The van der Waals surface area contributed by atoms with Crippen LogP contribution in [0.5, 0.6) is 0 Å². The van der Waals surface area contributed by atoms with Crippen LogP contribution in [-0.4, -0.2) is 21.2 Å². The summed E-state index contributed by atoms with van der Waals surface area (Å²) in [6.45, 7) is 0. The molecule has 1 aromatic carbocycles. The fraction of sp³-hybridized carbons (Fsp3) is 0.100. The third-order valence-electron chi connectivity index (χ3n) is 1.99. The molecular weight excluding hydrogens is 246 g/mol. The zero-order valence-corrected chi connectivity index (χ0v) is 9.63. The van der Waals surface area contributed by atoms with Crippen molar-refractivity contribution < 1.29 is 8.78 Å². The highest BCUT2D eigenvalue weighted by atomic mass is 32.2. The van der Waals surface area contributed by atoms with Gasteiger partial charge in [0.2, 0.25) is 5.95 Å². The molecule has 2 rings (SSSR count). The van der Waals surface area contributed by atoms with Crippen molar-refractivity contribution in [3.05, 3.63) is 29.8 Å². The maximum absolute atomic E-state index is 13.1. The van der Waals surface area contributed by atoms with Crippen LogP contribution >= 0.6 is 11.8 Å². The van der Waals surface area contributed by atoms with Crippen molar-refractivity contribution in [2.45, 2.75) is 5.16 Å². The van der Waals surface area contributed by atoms with Crippen LogP contribution in [0.2, 0.25) is 0 Å². The SMILES string of the molecule is CSc1nc(N)nc(-c2ccc(F)c(F)c2)n1. The number of aromatic nitrogens is 3. The van der Waals surface area contributed by atoms with Gasteiger partial charge < -0.3 is 5.73 Å². The first kappa shape index (κ1) is 11.7. The average Bonchev–Trinajstić information content (AvgIpc) is 2.32. The molecule has 0 unspecified atom stereocenters. The number of halogens is 2. The molecule has 0 saturated carbocycles. The number of nitrogens with zero attached hydrogens (tertiary/aromatic N) is 3. The fourth-order valence-corrected chi connectivity index (χ4v) is 1.59. The van der Waals surface area contributed by atoms with E-state index in [1.165, 1.54) is 17.8 Å². The van der Waals surface area contributed by atoms with E-state index >= 15 is 0 Å². The van der Waals surface area contributed by atoms with Gasteiger partial charge in [0.1, 0.15) is 0 Å². The van der Waals surface area contributed by atoms with Gasteiger partial charge in [-0.05, 0) is 24.5 Å². The van der Waals surface area contributed by atoms with Crippen LogP contribution in [0.3, 0.4) is 0 Å². The van der Waals surface area contributed by atoms with Gasteiger partial charge in [0.05, 0.1) is 0 Å². The summed E-state index contributed by atoms with van der Waals surface area (Å²) in [5.74, 6) is -1.60. The molecule has 17 heavy (non-hydrogen) atoms. The molecule has 0 saturated heterocycles. The van der Waals surface area contributed by atoms with E-state index in [9.17, 15) is 8.78 Å². The number of benzene rings is 1. The Morgan fingerprint density at radius 1 is 1.12 bits per heavy atom. The lowest BCUT2D eigenvalue weighted by Crippen LogP contribution is -2.01. The summed E-state index contributed by atoms with van der Waals surface area (Å²) in [6.07, 6.45) is 1.78. The molecule has 4 nitrogen and oxygen atoms in total. The minimum atomic E-state index is -0.952. The summed E-state index contributed by atoms with van der Waals surface area (Å²) in [5, 5.41) is 0.428. The monoisotopic (exact) mass is 254 g/mol. The Morgan fingerprint density at radius 3 is 2.53 bits per heavy atom. The molecule has 0 atom stereocenters. The summed E-state index contributed by atoms with van der Waals surface area (Å²) in [4.78, 5) is 11.8. The second-order valence-corrected chi connectivity index (χ2v) is 3.91. The van der Waals surface area contributed by atoms with Crippen LogP contribution in [0, 0.1) is 11.6 Å². The quantitative estimate of drug-likeness (QED) is 0.831. The highest BCUT2D eigenvalue weighted by molar-refractivity contribution is 7.98. The van der Waals surface area contributed by atoms with Gasteiger partial charge in [-0.1, -0.05) is 11.8 Å². The van der Waals surface area contributed by atoms with E-state index in [0.717, 1.165) is 12.1 Å². The Hall–Kier alpha value is -1.76. The van der Waals surface area contributed by atoms with Crippen LogP contribution in [0.1, 0.15) is 0 Å². The van der Waals surface area contributed by atoms with E-state index in [-0.39, 0.29) is 11.8 Å². The second-order valence-electron chi connectivity index (χ2n) is 3.13. The van der Waals surface area contributed by atoms with Crippen molar-refractivity contribution in [1.29, 1.82) is 0 Å². The van der Waals surface area contributed by atoms with Crippen LogP contribution in [-0.2, 0) is 0 Å². The van der Waals surface area contributed by atoms with Crippen LogP contribution in [0.25, 0.3) is 11.4 Å². The molecule has 0 aliphatic heterocycles. The molecule has 1 heterocycles. The van der Waals surface area contributed by atoms with Gasteiger partial charge in [-0.25, -0.2) is 13.8 Å². The number of nitrogen functional groups attached to an aromatic ring is 1. The number of rotatable bonds is 2. The molecule has 88 valence electrons. The highest BCUT2D eigenvalue weighted by Gasteiger charge is 2.09. The van der Waals surface area contributed by atoms with Crippen molar-refractivity contribution in [3.8, 4) is 11.4 Å². The molecule has 7 heteroatoms. The number of hydrogen-bond donors (Lipinski definition) is 1. The summed E-state index contributed by atoms with van der Waals surface area (Å²) >= 11 is 1.29. The number of nitrogens with two attached hydrogens (primary N) is 1. The lowest BCUT2D eigenvalue weighted by atomic mass is 10.2.